The van der Waals surface area contributed by atoms with Crippen LogP contribution in [0.2, 0.25) is 0 Å². The van der Waals surface area contributed by atoms with Crippen LogP contribution in [0.4, 0.5) is 0 Å². The van der Waals surface area contributed by atoms with E-state index in [-0.39, 0.29) is 26.0 Å². The van der Waals surface area contributed by atoms with E-state index in [1.807, 2.05) is 0 Å². The molecule has 16 nitrogen and oxygen atoms in total. The molecule has 0 spiro atoms. The number of primary amides is 1. The van der Waals surface area contributed by atoms with Crippen molar-refractivity contribution in [3.8, 4) is 0 Å². The lowest BCUT2D eigenvalue weighted by Gasteiger charge is -2.32. The normalized spacial score (nSPS) is 13.8. The molecular formula is C45H88N4O12P+. The molecule has 0 fully saturated rings. The van der Waals surface area contributed by atoms with E-state index < -0.39 is 81.2 Å². The summed E-state index contributed by atoms with van der Waals surface area (Å²) in [4.78, 5) is 70.9. The third kappa shape index (κ3) is 37.8. The Kier molecular flexibility index (Phi) is 43.0. The number of amides is 2. The predicted octanol–water partition coefficient (Wildman–Crippen LogP) is 7.78. The summed E-state index contributed by atoms with van der Waals surface area (Å²) in [5, 5.41) is 22.1. The smallest absolute Gasteiger partial charge is 0.480 e. The van der Waals surface area contributed by atoms with Crippen LogP contribution >= 0.6 is 8.25 Å². The molecule has 6 atom stereocenters. The number of nitrogens with one attached hydrogen (secondary N) is 1. The molecule has 2 amide bonds. The number of unbranched alkanes of at least 4 members (excludes halogenated alkanes) is 24. The molecule has 3 unspecified atom stereocenters. The van der Waals surface area contributed by atoms with E-state index >= 15 is 0 Å². The highest BCUT2D eigenvalue weighted by molar-refractivity contribution is 7.32. The molecule has 0 rings (SSSR count). The van der Waals surface area contributed by atoms with Crippen LogP contribution in [0.3, 0.4) is 0 Å². The van der Waals surface area contributed by atoms with E-state index in [4.69, 9.17) is 31.6 Å². The van der Waals surface area contributed by atoms with Crippen LogP contribution in [-0.4, -0.2) is 88.9 Å². The van der Waals surface area contributed by atoms with E-state index in [0.717, 1.165) is 51.4 Å². The molecule has 62 heavy (non-hydrogen) atoms. The summed E-state index contributed by atoms with van der Waals surface area (Å²) in [5.41, 5.74) is 16.2. The molecule has 10 N–H and O–H groups in total. The van der Waals surface area contributed by atoms with Gasteiger partial charge in [-0.2, -0.15) is 0 Å². The van der Waals surface area contributed by atoms with Gasteiger partial charge in [-0.25, -0.2) is 0 Å². The van der Waals surface area contributed by atoms with Gasteiger partial charge in [0, 0.05) is 24.0 Å². The quantitative estimate of drug-likeness (QED) is 0.0175. The van der Waals surface area contributed by atoms with Crippen LogP contribution in [0.15, 0.2) is 0 Å². The first-order chi connectivity index (χ1) is 29.7. The lowest BCUT2D eigenvalue weighted by atomic mass is 9.89. The van der Waals surface area contributed by atoms with Gasteiger partial charge >= 0.3 is 26.2 Å². The minimum Gasteiger partial charge on any atom is -0.480 e. The van der Waals surface area contributed by atoms with Gasteiger partial charge in [0.1, 0.15) is 12.6 Å². The monoisotopic (exact) mass is 908 g/mol. The van der Waals surface area contributed by atoms with E-state index in [0.29, 0.717) is 12.8 Å². The standard InChI is InChI=1S/C43H81N3O9.C2H6NO3P/c1-4-6-8-10-12-14-16-18-20-22-24-26-28-30-38(48)54-37(33-47)40(35(32-36(44)41(45)50)42(51)46-34(3)43(52)53)55-39(49)31-29-27-25-23-21-19-17-15-13-11-9-7-5-2;3-1-2-6-7(4)5/h34-37,40,47H,4-33,44H2,1-3H3,(H2,45,50)(H,46,51)(H,52,53);1-3H2/p+1/t34-,35?,36-,37-,40?;/m0./s1. The van der Waals surface area contributed by atoms with Crippen LogP contribution in [0.1, 0.15) is 207 Å². The third-order valence-corrected chi connectivity index (χ3v) is 11.1. The van der Waals surface area contributed by atoms with Gasteiger partial charge < -0.3 is 42.2 Å². The SMILES string of the molecule is CCCCCCCCCCCCCCCC(=O)OC(C(C[C@H](N)C(N)=O)C(=O)N[C@@H](C)C(=O)O)[C@H](CO)OC(=O)CCCCCCCCCCCCCCC.NCCO[P+](=O)O. The van der Waals surface area contributed by atoms with Crippen molar-refractivity contribution in [1.29, 1.82) is 0 Å². The second kappa shape index (κ2) is 43.5. The summed E-state index contributed by atoms with van der Waals surface area (Å²) in [6.45, 7) is 5.34. The van der Waals surface area contributed by atoms with E-state index in [1.165, 1.54) is 110 Å². The van der Waals surface area contributed by atoms with Crippen molar-refractivity contribution in [2.24, 2.45) is 23.1 Å². The third-order valence-electron chi connectivity index (χ3n) is 10.7. The summed E-state index contributed by atoms with van der Waals surface area (Å²) in [6.07, 6.45) is 26.4. The fraction of sp³-hybridized carbons (Fsp3) is 0.889. The van der Waals surface area contributed by atoms with E-state index in [2.05, 4.69) is 23.7 Å². The molecule has 0 aromatic rings. The van der Waals surface area contributed by atoms with Crippen LogP contribution in [0.5, 0.6) is 0 Å². The van der Waals surface area contributed by atoms with Gasteiger partial charge in [0.15, 0.2) is 12.2 Å². The maximum atomic E-state index is 13.4. The van der Waals surface area contributed by atoms with E-state index in [1.54, 1.807) is 0 Å². The molecule has 0 aromatic carbocycles. The molecule has 0 heterocycles. The fourth-order valence-electron chi connectivity index (χ4n) is 6.93. The Balaban J connectivity index is 0. The molecule has 364 valence electrons. The van der Waals surface area contributed by atoms with Gasteiger partial charge in [-0.3, -0.25) is 24.0 Å². The summed E-state index contributed by atoms with van der Waals surface area (Å²) < 4.78 is 25.1. The lowest BCUT2D eigenvalue weighted by Crippen LogP contribution is -2.53. The largest absolute Gasteiger partial charge is 0.694 e. The minimum atomic E-state index is -2.44. The highest BCUT2D eigenvalue weighted by Gasteiger charge is 2.41. The number of esters is 2. The van der Waals surface area contributed by atoms with Crippen molar-refractivity contribution in [2.75, 3.05) is 19.8 Å². The first-order valence-corrected chi connectivity index (χ1v) is 24.9. The number of carboxylic acids is 1. The number of carbonyl (C=O) groups excluding carboxylic acids is 4. The highest BCUT2D eigenvalue weighted by Crippen LogP contribution is 2.24. The highest BCUT2D eigenvalue weighted by atomic mass is 31.1. The number of carbonyl (C=O) groups is 5. The van der Waals surface area contributed by atoms with E-state index in [9.17, 15) is 38.8 Å². The van der Waals surface area contributed by atoms with Crippen molar-refractivity contribution >= 4 is 38.0 Å². The van der Waals surface area contributed by atoms with Crippen molar-refractivity contribution in [2.45, 2.75) is 231 Å². The molecule has 0 radical (unpaired) electrons. The fourth-order valence-corrected chi connectivity index (χ4v) is 7.19. The Morgan fingerprint density at radius 1 is 0.645 bits per heavy atom. The summed E-state index contributed by atoms with van der Waals surface area (Å²) in [7, 11) is -2.44. The minimum absolute atomic E-state index is 0.0288. The van der Waals surface area contributed by atoms with Gasteiger partial charge in [-0.15, -0.1) is 9.42 Å². The molecular weight excluding hydrogens is 819 g/mol. The zero-order chi connectivity index (χ0) is 46.8. The van der Waals surface area contributed by atoms with Crippen molar-refractivity contribution in [1.82, 2.24) is 5.32 Å². The molecule has 17 heteroatoms. The van der Waals surface area contributed by atoms with Crippen LogP contribution in [-0.2, 0) is 42.5 Å². The second-order valence-corrected chi connectivity index (χ2v) is 17.2. The van der Waals surface area contributed by atoms with Crippen LogP contribution in [0.25, 0.3) is 0 Å². The number of hydrogen-bond donors (Lipinski definition) is 7. The summed E-state index contributed by atoms with van der Waals surface area (Å²) in [5.74, 6) is -5.88. The van der Waals surface area contributed by atoms with Gasteiger partial charge in [-0.1, -0.05) is 168 Å². The first-order valence-electron chi connectivity index (χ1n) is 23.8. The predicted molar refractivity (Wildman–Crippen MR) is 243 cm³/mol. The number of aliphatic carboxylic acids is 1. The van der Waals surface area contributed by atoms with Crippen LogP contribution < -0.4 is 22.5 Å². The zero-order valence-electron chi connectivity index (χ0n) is 38.7. The van der Waals surface area contributed by atoms with Crippen LogP contribution in [0, 0.1) is 5.92 Å². The maximum Gasteiger partial charge on any atom is 0.694 e. The number of hydrogen-bond acceptors (Lipinski definition) is 12. The Labute approximate surface area is 374 Å². The average molecular weight is 908 g/mol. The molecule has 0 aliphatic heterocycles. The number of rotatable bonds is 42. The summed E-state index contributed by atoms with van der Waals surface area (Å²) >= 11 is 0. The van der Waals surface area contributed by atoms with Gasteiger partial charge in [-0.05, 0) is 26.2 Å². The van der Waals surface area contributed by atoms with Crippen molar-refractivity contribution in [3.05, 3.63) is 0 Å². The average Bonchev–Trinajstić information content (AvgIpc) is 3.23. The van der Waals surface area contributed by atoms with Gasteiger partial charge in [0.2, 0.25) is 11.8 Å². The van der Waals surface area contributed by atoms with Crippen molar-refractivity contribution in [3.63, 3.8) is 0 Å². The number of aliphatic hydroxyl groups excluding tert-OH is 1. The Hall–Kier alpha value is -2.75. The number of carboxylic acid groups (broad SMARTS) is 1. The molecule has 0 saturated heterocycles. The van der Waals surface area contributed by atoms with Gasteiger partial charge in [0.25, 0.3) is 0 Å². The number of aliphatic hydroxyl groups is 1. The molecule has 0 aliphatic rings. The molecule has 0 bridgehead atoms. The number of nitrogens with two attached hydrogens (primary N) is 3. The van der Waals surface area contributed by atoms with Gasteiger partial charge in [0.05, 0.1) is 18.6 Å². The second-order valence-electron chi connectivity index (χ2n) is 16.4. The Morgan fingerprint density at radius 2 is 1.02 bits per heavy atom. The Morgan fingerprint density at radius 3 is 1.32 bits per heavy atom. The molecule has 0 aliphatic carbocycles. The number of ether oxygens (including phenoxy) is 2. The topological polar surface area (TPSA) is 281 Å². The molecule has 0 saturated carbocycles. The lowest BCUT2D eigenvalue weighted by molar-refractivity contribution is -0.178. The summed E-state index contributed by atoms with van der Waals surface area (Å²) in [6, 6.07) is -2.69. The Bertz CT molecular complexity index is 1170. The first kappa shape index (κ1) is 61.3. The maximum absolute atomic E-state index is 13.4. The zero-order valence-corrected chi connectivity index (χ0v) is 39.6. The molecule has 0 aromatic heterocycles. The van der Waals surface area contributed by atoms with Crippen molar-refractivity contribution < 1.29 is 57.6 Å².